The second-order valence-corrected chi connectivity index (χ2v) is 6.59. The van der Waals surface area contributed by atoms with E-state index in [1.54, 1.807) is 11.6 Å². The number of hydrogen-bond acceptors (Lipinski definition) is 4. The van der Waals surface area contributed by atoms with Gasteiger partial charge in [0.05, 0.1) is 29.6 Å². The van der Waals surface area contributed by atoms with E-state index in [1.807, 2.05) is 31.2 Å². The maximum atomic E-state index is 12.5. The summed E-state index contributed by atoms with van der Waals surface area (Å²) in [6.07, 6.45) is -2.21. The minimum absolute atomic E-state index is 0.185. The van der Waals surface area contributed by atoms with Crippen molar-refractivity contribution in [1.82, 2.24) is 14.8 Å². The van der Waals surface area contributed by atoms with Gasteiger partial charge in [0.1, 0.15) is 11.0 Å². The van der Waals surface area contributed by atoms with Crippen molar-refractivity contribution in [2.24, 2.45) is 5.10 Å². The number of benzene rings is 1. The molecule has 5 nitrogen and oxygen atoms in total. The molecule has 3 rings (SSSR count). The van der Waals surface area contributed by atoms with Crippen molar-refractivity contribution in [2.75, 3.05) is 5.43 Å². The number of nitrogens with one attached hydrogen (secondary N) is 1. The molecule has 0 aliphatic carbocycles. The van der Waals surface area contributed by atoms with Gasteiger partial charge in [-0.3, -0.25) is 5.43 Å². The van der Waals surface area contributed by atoms with Gasteiger partial charge in [-0.15, -0.1) is 0 Å². The lowest BCUT2D eigenvalue weighted by atomic mass is 10.1. The fourth-order valence-electron chi connectivity index (χ4n) is 2.48. The Morgan fingerprint density at radius 1 is 1.14 bits per heavy atom. The lowest BCUT2D eigenvalue weighted by Crippen LogP contribution is -2.05. The van der Waals surface area contributed by atoms with Gasteiger partial charge in [-0.05, 0) is 31.5 Å². The van der Waals surface area contributed by atoms with Gasteiger partial charge in [0.15, 0.2) is 0 Å². The molecule has 1 N–H and O–H groups in total. The van der Waals surface area contributed by atoms with Gasteiger partial charge < -0.3 is 0 Å². The Morgan fingerprint density at radius 3 is 2.46 bits per heavy atom. The molecule has 0 atom stereocenters. The quantitative estimate of drug-likeness (QED) is 0.475. The van der Waals surface area contributed by atoms with Gasteiger partial charge in [0.25, 0.3) is 0 Å². The third kappa shape index (κ3) is 4.69. The number of anilines is 1. The fraction of sp³-hybridized carbons (Fsp3) is 0.211. The number of halogens is 4. The predicted molar refractivity (Wildman–Crippen MR) is 103 cm³/mol. The average molecular weight is 408 g/mol. The lowest BCUT2D eigenvalue weighted by Gasteiger charge is -2.06. The third-order valence-electron chi connectivity index (χ3n) is 4.03. The first kappa shape index (κ1) is 19.9. The molecule has 2 heterocycles. The minimum atomic E-state index is -4.43. The molecule has 9 heteroatoms. The molecular weight excluding hydrogens is 391 g/mol. The summed E-state index contributed by atoms with van der Waals surface area (Å²) in [4.78, 5) is 3.69. The molecule has 0 bridgehead atoms. The van der Waals surface area contributed by atoms with Crippen LogP contribution in [0.3, 0.4) is 0 Å². The highest BCUT2D eigenvalue weighted by Gasteiger charge is 2.30. The van der Waals surface area contributed by atoms with Gasteiger partial charge in [0, 0.05) is 6.20 Å². The van der Waals surface area contributed by atoms with E-state index in [1.165, 1.54) is 17.8 Å². The van der Waals surface area contributed by atoms with Crippen LogP contribution in [0.15, 0.2) is 47.7 Å². The number of aromatic nitrogens is 3. The van der Waals surface area contributed by atoms with E-state index in [2.05, 4.69) is 20.6 Å². The number of hydrogen-bond donors (Lipinski definition) is 1. The molecule has 0 saturated heterocycles. The van der Waals surface area contributed by atoms with E-state index in [0.717, 1.165) is 17.8 Å². The van der Waals surface area contributed by atoms with Crippen molar-refractivity contribution < 1.29 is 13.2 Å². The standard InChI is InChI=1S/C19H17ClF3N5/c1-12-3-5-14(6-4-12)11-28-18(20)16(13(2)27-28)10-25-26-17-8-7-15(9-24-17)19(21,22)23/h3-10H,11H2,1-2H3,(H,24,26)/b25-10-. The number of alkyl halides is 3. The summed E-state index contributed by atoms with van der Waals surface area (Å²) in [5.41, 5.74) is 5.30. The van der Waals surface area contributed by atoms with Crippen LogP contribution < -0.4 is 5.43 Å². The first-order chi connectivity index (χ1) is 13.2. The Labute approximate surface area is 164 Å². The molecule has 3 aromatic rings. The monoisotopic (exact) mass is 407 g/mol. The number of pyridine rings is 1. The molecule has 0 saturated carbocycles. The van der Waals surface area contributed by atoms with Gasteiger partial charge in [-0.2, -0.15) is 23.4 Å². The molecule has 1 aromatic carbocycles. The number of aryl methyl sites for hydroxylation is 2. The maximum absolute atomic E-state index is 12.5. The maximum Gasteiger partial charge on any atom is 0.417 e. The van der Waals surface area contributed by atoms with E-state index >= 15 is 0 Å². The molecule has 0 amide bonds. The molecule has 146 valence electrons. The van der Waals surface area contributed by atoms with E-state index in [-0.39, 0.29) is 5.82 Å². The molecule has 0 radical (unpaired) electrons. The van der Waals surface area contributed by atoms with Crippen molar-refractivity contribution in [2.45, 2.75) is 26.6 Å². The first-order valence-electron chi connectivity index (χ1n) is 8.35. The third-order valence-corrected chi connectivity index (χ3v) is 4.42. The van der Waals surface area contributed by atoms with Crippen molar-refractivity contribution in [3.8, 4) is 0 Å². The van der Waals surface area contributed by atoms with Crippen molar-refractivity contribution >= 4 is 23.6 Å². The van der Waals surface area contributed by atoms with Crippen LogP contribution in [0.5, 0.6) is 0 Å². The summed E-state index contributed by atoms with van der Waals surface area (Å²) in [7, 11) is 0. The summed E-state index contributed by atoms with van der Waals surface area (Å²) in [5.74, 6) is 0.185. The zero-order valence-corrected chi connectivity index (χ0v) is 15.9. The summed E-state index contributed by atoms with van der Waals surface area (Å²) in [5, 5.41) is 8.84. The summed E-state index contributed by atoms with van der Waals surface area (Å²) in [6, 6.07) is 10.2. The molecule has 2 aromatic heterocycles. The van der Waals surface area contributed by atoms with Crippen LogP contribution in [0.4, 0.5) is 19.0 Å². The van der Waals surface area contributed by atoms with Crippen molar-refractivity contribution in [1.29, 1.82) is 0 Å². The number of rotatable bonds is 5. The molecule has 0 aliphatic rings. The molecule has 28 heavy (non-hydrogen) atoms. The van der Waals surface area contributed by atoms with Crippen LogP contribution in [0.2, 0.25) is 5.15 Å². The van der Waals surface area contributed by atoms with Crippen molar-refractivity contribution in [3.63, 3.8) is 0 Å². The molecular formula is C19H17ClF3N5. The summed E-state index contributed by atoms with van der Waals surface area (Å²) >= 11 is 6.40. The zero-order chi connectivity index (χ0) is 20.3. The van der Waals surface area contributed by atoms with Crippen molar-refractivity contribution in [3.05, 3.63) is 75.7 Å². The van der Waals surface area contributed by atoms with E-state index < -0.39 is 11.7 Å². The SMILES string of the molecule is Cc1ccc(Cn2nc(C)c(/C=N\Nc3ccc(C(F)(F)F)cn3)c2Cl)cc1. The topological polar surface area (TPSA) is 55.1 Å². The Morgan fingerprint density at radius 2 is 1.86 bits per heavy atom. The Balaban J connectivity index is 1.70. The van der Waals surface area contributed by atoms with Gasteiger partial charge >= 0.3 is 6.18 Å². The smallest absolute Gasteiger partial charge is 0.261 e. The van der Waals surface area contributed by atoms with Gasteiger partial charge in [0.2, 0.25) is 0 Å². The van der Waals surface area contributed by atoms with E-state index in [9.17, 15) is 13.2 Å². The van der Waals surface area contributed by atoms with Gasteiger partial charge in [-0.25, -0.2) is 9.67 Å². The largest absolute Gasteiger partial charge is 0.417 e. The van der Waals surface area contributed by atoms with Crippen LogP contribution in [0.1, 0.15) is 27.9 Å². The number of hydrazone groups is 1. The highest BCUT2D eigenvalue weighted by Crippen LogP contribution is 2.28. The summed E-state index contributed by atoms with van der Waals surface area (Å²) in [6.45, 7) is 4.33. The predicted octanol–water partition coefficient (Wildman–Crippen LogP) is 5.06. The van der Waals surface area contributed by atoms with Crippen LogP contribution >= 0.6 is 11.6 Å². The Hall–Kier alpha value is -2.87. The van der Waals surface area contributed by atoms with E-state index in [0.29, 0.717) is 23.0 Å². The first-order valence-corrected chi connectivity index (χ1v) is 8.72. The minimum Gasteiger partial charge on any atom is -0.261 e. The highest BCUT2D eigenvalue weighted by atomic mass is 35.5. The normalized spacial score (nSPS) is 11.9. The van der Waals surface area contributed by atoms with Crippen LogP contribution in [-0.4, -0.2) is 21.0 Å². The molecule has 0 fully saturated rings. The second-order valence-electron chi connectivity index (χ2n) is 6.23. The average Bonchev–Trinajstić information content (AvgIpc) is 2.90. The zero-order valence-electron chi connectivity index (χ0n) is 15.1. The lowest BCUT2D eigenvalue weighted by molar-refractivity contribution is -0.137. The van der Waals surface area contributed by atoms with Gasteiger partial charge in [-0.1, -0.05) is 41.4 Å². The van der Waals surface area contributed by atoms with Crippen LogP contribution in [0.25, 0.3) is 0 Å². The van der Waals surface area contributed by atoms with Crippen LogP contribution in [-0.2, 0) is 12.7 Å². The summed E-state index contributed by atoms with van der Waals surface area (Å²) < 4.78 is 39.3. The fourth-order valence-corrected chi connectivity index (χ4v) is 2.76. The molecule has 0 spiro atoms. The van der Waals surface area contributed by atoms with E-state index in [4.69, 9.17) is 11.6 Å². The Bertz CT molecular complexity index is 977. The highest BCUT2D eigenvalue weighted by molar-refractivity contribution is 6.32. The number of nitrogens with zero attached hydrogens (tertiary/aromatic N) is 4. The molecule has 0 aliphatic heterocycles. The Kier molecular flexibility index (Phi) is 5.69. The second kappa shape index (κ2) is 8.02. The molecule has 0 unspecified atom stereocenters. The van der Waals surface area contributed by atoms with Crippen LogP contribution in [0, 0.1) is 13.8 Å².